The number of anilines is 1. The Hall–Kier alpha value is -2.18. The van der Waals surface area contributed by atoms with E-state index in [2.05, 4.69) is 11.4 Å². The van der Waals surface area contributed by atoms with Crippen LogP contribution in [0.4, 0.5) is 5.69 Å². The molecule has 2 aromatic rings. The molecule has 1 fully saturated rings. The van der Waals surface area contributed by atoms with Crippen LogP contribution in [0.15, 0.2) is 42.5 Å². The van der Waals surface area contributed by atoms with E-state index in [4.69, 9.17) is 0 Å². The quantitative estimate of drug-likeness (QED) is 0.830. The van der Waals surface area contributed by atoms with E-state index in [1.807, 2.05) is 57.2 Å². The standard InChI is InChI=1S/C22H28N2O3S/c1-16-11-17(2)13-21(12-16)23-22(25)19-9-6-10-24(14-19)28(26,27)15-20-8-5-4-7-18(20)3/h4-5,7-8,11-13,19H,6,9-10,14-15H2,1-3H3,(H,23,25)/t19-/m0/s1. The van der Waals surface area contributed by atoms with Crippen molar-refractivity contribution >= 4 is 21.6 Å². The molecule has 0 aliphatic carbocycles. The summed E-state index contributed by atoms with van der Waals surface area (Å²) < 4.78 is 27.3. The molecule has 150 valence electrons. The molecule has 6 heteroatoms. The zero-order valence-electron chi connectivity index (χ0n) is 16.7. The van der Waals surface area contributed by atoms with E-state index in [1.165, 1.54) is 4.31 Å². The minimum atomic E-state index is -3.46. The SMILES string of the molecule is Cc1cc(C)cc(NC(=O)[C@H]2CCCN(S(=O)(=O)Cc3ccccc3C)C2)c1. The number of sulfonamides is 1. The fourth-order valence-electron chi connectivity index (χ4n) is 3.76. The summed E-state index contributed by atoms with van der Waals surface area (Å²) in [5.74, 6) is -0.465. The van der Waals surface area contributed by atoms with Crippen LogP contribution in [0, 0.1) is 26.7 Å². The number of amides is 1. The van der Waals surface area contributed by atoms with E-state index in [0.717, 1.165) is 27.9 Å². The third-order valence-electron chi connectivity index (χ3n) is 5.24. The molecule has 1 aliphatic rings. The second kappa shape index (κ2) is 8.45. The van der Waals surface area contributed by atoms with Crippen LogP contribution in [0.5, 0.6) is 0 Å². The molecule has 1 N–H and O–H groups in total. The molecular formula is C22H28N2O3S. The first-order chi connectivity index (χ1) is 13.2. The molecule has 28 heavy (non-hydrogen) atoms. The minimum Gasteiger partial charge on any atom is -0.326 e. The number of rotatable bonds is 5. The van der Waals surface area contributed by atoms with Gasteiger partial charge in [0.15, 0.2) is 0 Å². The predicted octanol–water partition coefficient (Wildman–Crippen LogP) is 3.79. The maximum atomic E-state index is 12.9. The smallest absolute Gasteiger partial charge is 0.228 e. The molecule has 0 aromatic heterocycles. The van der Waals surface area contributed by atoms with Crippen LogP contribution >= 0.6 is 0 Å². The van der Waals surface area contributed by atoms with E-state index >= 15 is 0 Å². The van der Waals surface area contributed by atoms with E-state index in [-0.39, 0.29) is 24.1 Å². The lowest BCUT2D eigenvalue weighted by Gasteiger charge is -2.31. The van der Waals surface area contributed by atoms with Crippen molar-refractivity contribution in [2.75, 3.05) is 18.4 Å². The molecule has 0 saturated carbocycles. The third-order valence-corrected chi connectivity index (χ3v) is 7.03. The largest absolute Gasteiger partial charge is 0.326 e. The second-order valence-corrected chi connectivity index (χ2v) is 9.71. The lowest BCUT2D eigenvalue weighted by atomic mass is 9.98. The summed E-state index contributed by atoms with van der Waals surface area (Å²) in [6.07, 6.45) is 1.39. The number of benzene rings is 2. The molecule has 1 saturated heterocycles. The Labute approximate surface area is 167 Å². The number of nitrogens with zero attached hydrogens (tertiary/aromatic N) is 1. The maximum absolute atomic E-state index is 12.9. The summed E-state index contributed by atoms with van der Waals surface area (Å²) in [6, 6.07) is 13.4. The third kappa shape index (κ3) is 5.00. The van der Waals surface area contributed by atoms with E-state index in [1.54, 1.807) is 0 Å². The monoisotopic (exact) mass is 400 g/mol. The second-order valence-electron chi connectivity index (χ2n) is 7.75. The highest BCUT2D eigenvalue weighted by molar-refractivity contribution is 7.88. The molecule has 1 aliphatic heterocycles. The lowest BCUT2D eigenvalue weighted by Crippen LogP contribution is -2.44. The van der Waals surface area contributed by atoms with Gasteiger partial charge >= 0.3 is 0 Å². The van der Waals surface area contributed by atoms with Gasteiger partial charge in [0.2, 0.25) is 15.9 Å². The van der Waals surface area contributed by atoms with Crippen molar-refractivity contribution in [2.24, 2.45) is 5.92 Å². The van der Waals surface area contributed by atoms with E-state index in [9.17, 15) is 13.2 Å². The Balaban J connectivity index is 1.69. The molecule has 0 radical (unpaired) electrons. The van der Waals surface area contributed by atoms with Crippen LogP contribution in [-0.4, -0.2) is 31.7 Å². The highest BCUT2D eigenvalue weighted by atomic mass is 32.2. The predicted molar refractivity (Wildman–Crippen MR) is 113 cm³/mol. The Morgan fingerprint density at radius 2 is 1.79 bits per heavy atom. The Morgan fingerprint density at radius 1 is 1.11 bits per heavy atom. The maximum Gasteiger partial charge on any atom is 0.228 e. The molecule has 0 bridgehead atoms. The normalized spacial score (nSPS) is 18.0. The number of carbonyl (C=O) groups is 1. The first-order valence-corrected chi connectivity index (χ1v) is 11.3. The Bertz CT molecular complexity index is 949. The van der Waals surface area contributed by atoms with Crippen molar-refractivity contribution in [3.8, 4) is 0 Å². The Morgan fingerprint density at radius 3 is 2.46 bits per heavy atom. The van der Waals surface area contributed by atoms with Gasteiger partial charge in [-0.15, -0.1) is 0 Å². The molecule has 3 rings (SSSR count). The number of carbonyl (C=O) groups excluding carboxylic acids is 1. The molecule has 5 nitrogen and oxygen atoms in total. The summed E-state index contributed by atoms with van der Waals surface area (Å²) in [5, 5.41) is 2.96. The van der Waals surface area contributed by atoms with Crippen molar-refractivity contribution < 1.29 is 13.2 Å². The van der Waals surface area contributed by atoms with Gasteiger partial charge in [-0.2, -0.15) is 0 Å². The highest BCUT2D eigenvalue weighted by Gasteiger charge is 2.32. The van der Waals surface area contributed by atoms with Crippen molar-refractivity contribution in [2.45, 2.75) is 39.4 Å². The number of hydrogen-bond donors (Lipinski definition) is 1. The summed E-state index contributed by atoms with van der Waals surface area (Å²) in [4.78, 5) is 12.7. The summed E-state index contributed by atoms with van der Waals surface area (Å²) in [7, 11) is -3.46. The minimum absolute atomic E-state index is 0.0227. The molecule has 0 spiro atoms. The first kappa shape index (κ1) is 20.6. The van der Waals surface area contributed by atoms with Crippen molar-refractivity contribution in [1.82, 2.24) is 4.31 Å². The zero-order chi connectivity index (χ0) is 20.3. The first-order valence-electron chi connectivity index (χ1n) is 9.66. The number of nitrogens with one attached hydrogen (secondary N) is 1. The highest BCUT2D eigenvalue weighted by Crippen LogP contribution is 2.24. The average molecular weight is 401 g/mol. The summed E-state index contributed by atoms with van der Waals surface area (Å²) >= 11 is 0. The molecule has 0 unspecified atom stereocenters. The van der Waals surface area contributed by atoms with Crippen LogP contribution in [-0.2, 0) is 20.6 Å². The number of piperidine rings is 1. The van der Waals surface area contributed by atoms with Gasteiger partial charge in [0.25, 0.3) is 0 Å². The van der Waals surface area contributed by atoms with Crippen LogP contribution in [0.3, 0.4) is 0 Å². The van der Waals surface area contributed by atoms with Gasteiger partial charge in [0.05, 0.1) is 11.7 Å². The molecule has 1 atom stereocenters. The van der Waals surface area contributed by atoms with Gasteiger partial charge in [-0.1, -0.05) is 30.3 Å². The van der Waals surface area contributed by atoms with Crippen LogP contribution in [0.2, 0.25) is 0 Å². The number of aryl methyl sites for hydroxylation is 3. The number of hydrogen-bond acceptors (Lipinski definition) is 3. The van der Waals surface area contributed by atoms with E-state index in [0.29, 0.717) is 19.4 Å². The van der Waals surface area contributed by atoms with Crippen LogP contribution in [0.1, 0.15) is 35.1 Å². The van der Waals surface area contributed by atoms with Gasteiger partial charge < -0.3 is 5.32 Å². The van der Waals surface area contributed by atoms with Crippen molar-refractivity contribution in [1.29, 1.82) is 0 Å². The summed E-state index contributed by atoms with van der Waals surface area (Å²) in [5.41, 5.74) is 4.71. The van der Waals surface area contributed by atoms with Crippen LogP contribution in [0.25, 0.3) is 0 Å². The molecule has 2 aromatic carbocycles. The topological polar surface area (TPSA) is 66.5 Å². The fraction of sp³-hybridized carbons (Fsp3) is 0.409. The molecule has 1 amide bonds. The average Bonchev–Trinajstić information content (AvgIpc) is 2.63. The van der Waals surface area contributed by atoms with Gasteiger partial charge in [-0.3, -0.25) is 4.79 Å². The van der Waals surface area contributed by atoms with Gasteiger partial charge in [-0.25, -0.2) is 12.7 Å². The van der Waals surface area contributed by atoms with Crippen molar-refractivity contribution in [3.63, 3.8) is 0 Å². The summed E-state index contributed by atoms with van der Waals surface area (Å²) in [6.45, 7) is 6.61. The molecule has 1 heterocycles. The van der Waals surface area contributed by atoms with Gasteiger partial charge in [0.1, 0.15) is 0 Å². The zero-order valence-corrected chi connectivity index (χ0v) is 17.6. The Kier molecular flexibility index (Phi) is 6.20. The van der Waals surface area contributed by atoms with Crippen molar-refractivity contribution in [3.05, 3.63) is 64.7 Å². The van der Waals surface area contributed by atoms with Gasteiger partial charge in [-0.05, 0) is 68.0 Å². The fourth-order valence-corrected chi connectivity index (χ4v) is 5.47. The molecular weight excluding hydrogens is 372 g/mol. The van der Waals surface area contributed by atoms with Crippen LogP contribution < -0.4 is 5.32 Å². The van der Waals surface area contributed by atoms with Gasteiger partial charge in [0, 0.05) is 18.8 Å². The van der Waals surface area contributed by atoms with E-state index < -0.39 is 10.0 Å². The lowest BCUT2D eigenvalue weighted by molar-refractivity contribution is -0.120.